The molecule has 0 radical (unpaired) electrons. The van der Waals surface area contributed by atoms with E-state index in [4.69, 9.17) is 4.74 Å². The third-order valence-corrected chi connectivity index (χ3v) is 4.06. The van der Waals surface area contributed by atoms with Gasteiger partial charge in [0.2, 0.25) is 0 Å². The van der Waals surface area contributed by atoms with Gasteiger partial charge in [0, 0.05) is 11.1 Å². The molecular formula is C18H17NOS. The van der Waals surface area contributed by atoms with Crippen molar-refractivity contribution in [2.45, 2.75) is 11.9 Å². The Balaban J connectivity index is 1.54. The van der Waals surface area contributed by atoms with Gasteiger partial charge in [-0.15, -0.1) is 11.8 Å². The monoisotopic (exact) mass is 295 g/mol. The second kappa shape index (κ2) is 6.64. The van der Waals surface area contributed by atoms with Crippen LogP contribution >= 0.6 is 11.8 Å². The molecule has 0 atom stereocenters. The van der Waals surface area contributed by atoms with Crippen molar-refractivity contribution in [2.75, 3.05) is 12.4 Å². The Morgan fingerprint density at radius 2 is 1.90 bits per heavy atom. The molecule has 2 aromatic carbocycles. The van der Waals surface area contributed by atoms with E-state index in [1.807, 2.05) is 30.3 Å². The van der Waals surface area contributed by atoms with E-state index in [0.29, 0.717) is 6.61 Å². The van der Waals surface area contributed by atoms with Crippen molar-refractivity contribution in [3.63, 3.8) is 0 Å². The summed E-state index contributed by atoms with van der Waals surface area (Å²) in [6.07, 6.45) is 0. The van der Waals surface area contributed by atoms with Gasteiger partial charge < -0.3 is 4.74 Å². The lowest BCUT2D eigenvalue weighted by molar-refractivity contribution is 0.343. The third kappa shape index (κ3) is 3.76. The summed E-state index contributed by atoms with van der Waals surface area (Å²) in [6, 6.07) is 20.5. The number of pyridine rings is 1. The average Bonchev–Trinajstić information content (AvgIpc) is 2.51. The van der Waals surface area contributed by atoms with Crippen molar-refractivity contribution >= 4 is 22.7 Å². The van der Waals surface area contributed by atoms with E-state index in [9.17, 15) is 0 Å². The second-order valence-electron chi connectivity index (χ2n) is 4.86. The molecule has 0 N–H and O–H groups in total. The number of hydrogen-bond acceptors (Lipinski definition) is 3. The summed E-state index contributed by atoms with van der Waals surface area (Å²) >= 11 is 1.72. The number of ether oxygens (including phenoxy) is 1. The van der Waals surface area contributed by atoms with E-state index in [0.717, 1.165) is 22.0 Å². The van der Waals surface area contributed by atoms with Gasteiger partial charge in [0.05, 0.1) is 17.1 Å². The van der Waals surface area contributed by atoms with Gasteiger partial charge >= 0.3 is 0 Å². The maximum absolute atomic E-state index is 5.75. The van der Waals surface area contributed by atoms with Crippen molar-refractivity contribution < 1.29 is 4.74 Å². The molecule has 0 spiro atoms. The van der Waals surface area contributed by atoms with E-state index in [-0.39, 0.29) is 0 Å². The van der Waals surface area contributed by atoms with Crippen LogP contribution in [0, 0.1) is 6.92 Å². The van der Waals surface area contributed by atoms with Crippen molar-refractivity contribution in [2.24, 2.45) is 0 Å². The smallest absolute Gasteiger partial charge is 0.119 e. The van der Waals surface area contributed by atoms with Gasteiger partial charge in [-0.1, -0.05) is 36.4 Å². The first-order chi connectivity index (χ1) is 10.3. The summed E-state index contributed by atoms with van der Waals surface area (Å²) in [5.74, 6) is 1.82. The summed E-state index contributed by atoms with van der Waals surface area (Å²) in [5, 5.41) is 2.22. The van der Waals surface area contributed by atoms with Gasteiger partial charge in [0.25, 0.3) is 0 Å². The number of hydrogen-bond donors (Lipinski definition) is 0. The molecular weight excluding hydrogens is 278 g/mol. The molecule has 2 nitrogen and oxygen atoms in total. The van der Waals surface area contributed by atoms with Gasteiger partial charge in [0.15, 0.2) is 0 Å². The average molecular weight is 295 g/mol. The molecule has 3 heteroatoms. The number of rotatable bonds is 5. The summed E-state index contributed by atoms with van der Waals surface area (Å²) in [4.78, 5) is 4.64. The lowest BCUT2D eigenvalue weighted by Gasteiger charge is -2.07. The standard InChI is InChI=1S/C18H17NOS/c1-14-5-4-7-16(13-14)20-11-12-21-18-10-9-15-6-2-3-8-17(15)19-18/h2-10,13H,11-12H2,1H3. The fourth-order valence-corrected chi connectivity index (χ4v) is 2.84. The molecule has 0 bridgehead atoms. The zero-order valence-electron chi connectivity index (χ0n) is 12.0. The molecule has 0 aliphatic carbocycles. The van der Waals surface area contributed by atoms with Crippen LogP contribution in [0.5, 0.6) is 5.75 Å². The first kappa shape index (κ1) is 14.0. The predicted molar refractivity (Wildman–Crippen MR) is 89.1 cm³/mol. The minimum atomic E-state index is 0.683. The lowest BCUT2D eigenvalue weighted by atomic mass is 10.2. The van der Waals surface area contributed by atoms with Crippen molar-refractivity contribution in [1.82, 2.24) is 4.98 Å². The second-order valence-corrected chi connectivity index (χ2v) is 5.97. The fourth-order valence-electron chi connectivity index (χ4n) is 2.14. The van der Waals surface area contributed by atoms with Gasteiger partial charge in [-0.3, -0.25) is 0 Å². The minimum Gasteiger partial charge on any atom is -0.493 e. The summed E-state index contributed by atoms with van der Waals surface area (Å²) in [6.45, 7) is 2.75. The van der Waals surface area contributed by atoms with Crippen LogP contribution in [0.4, 0.5) is 0 Å². The van der Waals surface area contributed by atoms with Crippen molar-refractivity contribution in [3.05, 3.63) is 66.2 Å². The predicted octanol–water partition coefficient (Wildman–Crippen LogP) is 4.71. The van der Waals surface area contributed by atoms with Gasteiger partial charge in [-0.25, -0.2) is 4.98 Å². The molecule has 0 aliphatic heterocycles. The van der Waals surface area contributed by atoms with Crippen LogP contribution in [-0.2, 0) is 0 Å². The zero-order chi connectivity index (χ0) is 14.5. The maximum Gasteiger partial charge on any atom is 0.119 e. The molecule has 0 unspecified atom stereocenters. The van der Waals surface area contributed by atoms with E-state index < -0.39 is 0 Å². The number of aryl methyl sites for hydroxylation is 1. The first-order valence-electron chi connectivity index (χ1n) is 6.99. The van der Waals surface area contributed by atoms with Crippen molar-refractivity contribution in [1.29, 1.82) is 0 Å². The quantitative estimate of drug-likeness (QED) is 0.502. The number of thioether (sulfide) groups is 1. The number of fused-ring (bicyclic) bond motifs is 1. The molecule has 0 amide bonds. The molecule has 106 valence electrons. The highest BCUT2D eigenvalue weighted by Crippen LogP contribution is 2.20. The van der Waals surface area contributed by atoms with E-state index in [2.05, 4.69) is 42.2 Å². The lowest BCUT2D eigenvalue weighted by Crippen LogP contribution is -2.00. The van der Waals surface area contributed by atoms with Crippen LogP contribution in [0.25, 0.3) is 10.9 Å². The Kier molecular flexibility index (Phi) is 4.41. The van der Waals surface area contributed by atoms with Crippen LogP contribution in [-0.4, -0.2) is 17.3 Å². The van der Waals surface area contributed by atoms with Crippen LogP contribution in [0.15, 0.2) is 65.7 Å². The summed E-state index contributed by atoms with van der Waals surface area (Å²) in [5.41, 5.74) is 2.26. The van der Waals surface area contributed by atoms with E-state index in [1.165, 1.54) is 10.9 Å². The minimum absolute atomic E-state index is 0.683. The fraction of sp³-hybridized carbons (Fsp3) is 0.167. The highest BCUT2D eigenvalue weighted by atomic mass is 32.2. The molecule has 0 saturated carbocycles. The molecule has 3 aromatic rings. The molecule has 1 aromatic heterocycles. The Hall–Kier alpha value is -2.00. The summed E-state index contributed by atoms with van der Waals surface area (Å²) in [7, 11) is 0. The largest absolute Gasteiger partial charge is 0.493 e. The van der Waals surface area contributed by atoms with Gasteiger partial charge in [-0.05, 0) is 36.8 Å². The molecule has 0 saturated heterocycles. The van der Waals surface area contributed by atoms with Gasteiger partial charge in [-0.2, -0.15) is 0 Å². The third-order valence-electron chi connectivity index (χ3n) is 3.16. The van der Waals surface area contributed by atoms with Crippen LogP contribution < -0.4 is 4.74 Å². The summed E-state index contributed by atoms with van der Waals surface area (Å²) < 4.78 is 5.75. The number of para-hydroxylation sites is 1. The highest BCUT2D eigenvalue weighted by Gasteiger charge is 1.99. The molecule has 0 fully saturated rings. The number of nitrogens with zero attached hydrogens (tertiary/aromatic N) is 1. The normalized spacial score (nSPS) is 10.7. The topological polar surface area (TPSA) is 22.1 Å². The van der Waals surface area contributed by atoms with Crippen molar-refractivity contribution in [3.8, 4) is 5.75 Å². The SMILES string of the molecule is Cc1cccc(OCCSc2ccc3ccccc3n2)c1. The van der Waals surface area contributed by atoms with Crippen LogP contribution in [0.2, 0.25) is 0 Å². The Morgan fingerprint density at radius 3 is 2.81 bits per heavy atom. The maximum atomic E-state index is 5.75. The number of benzene rings is 2. The molecule has 21 heavy (non-hydrogen) atoms. The van der Waals surface area contributed by atoms with Crippen LogP contribution in [0.3, 0.4) is 0 Å². The van der Waals surface area contributed by atoms with Crippen LogP contribution in [0.1, 0.15) is 5.56 Å². The van der Waals surface area contributed by atoms with Gasteiger partial charge in [0.1, 0.15) is 5.75 Å². The zero-order valence-corrected chi connectivity index (χ0v) is 12.8. The Bertz CT molecular complexity index is 742. The number of aromatic nitrogens is 1. The molecule has 3 rings (SSSR count). The highest BCUT2D eigenvalue weighted by molar-refractivity contribution is 7.99. The Labute approximate surface area is 129 Å². The molecule has 1 heterocycles. The Morgan fingerprint density at radius 1 is 1.00 bits per heavy atom. The molecule has 0 aliphatic rings. The first-order valence-corrected chi connectivity index (χ1v) is 7.98. The van der Waals surface area contributed by atoms with E-state index >= 15 is 0 Å². The van der Waals surface area contributed by atoms with E-state index in [1.54, 1.807) is 11.8 Å².